The lowest BCUT2D eigenvalue weighted by atomic mass is 10.3. The summed E-state index contributed by atoms with van der Waals surface area (Å²) in [7, 11) is 0. The number of hydrogen-bond acceptors (Lipinski definition) is 3. The van der Waals surface area contributed by atoms with E-state index in [-0.39, 0.29) is 0 Å². The maximum Gasteiger partial charge on any atom is 0.325 e. The number of halogens is 1. The highest BCUT2D eigenvalue weighted by atomic mass is 35.5. The predicted molar refractivity (Wildman–Crippen MR) is 61.8 cm³/mol. The monoisotopic (exact) mass is 262 g/mol. The van der Waals surface area contributed by atoms with Gasteiger partial charge in [0.2, 0.25) is 0 Å². The fraction of sp³-hybridized carbons (Fsp3) is 0.333. The smallest absolute Gasteiger partial charge is 0.325 e. The molecule has 0 unspecified atom stereocenters. The minimum atomic E-state index is -1.07. The molecule has 16 heavy (non-hydrogen) atoms. The summed E-state index contributed by atoms with van der Waals surface area (Å²) in [5.74, 6) is -1.07. The second-order valence-electron chi connectivity index (χ2n) is 3.09. The lowest BCUT2D eigenvalue weighted by molar-refractivity contribution is -0.138. The van der Waals surface area contributed by atoms with Crippen molar-refractivity contribution in [1.82, 2.24) is 10.6 Å². The average molecular weight is 263 g/mol. The Labute approximate surface area is 101 Å². The molecule has 0 bridgehead atoms. The van der Waals surface area contributed by atoms with Crippen molar-refractivity contribution < 1.29 is 14.7 Å². The van der Waals surface area contributed by atoms with Crippen molar-refractivity contribution in [3.8, 4) is 0 Å². The van der Waals surface area contributed by atoms with E-state index in [9.17, 15) is 9.59 Å². The third-order valence-corrected chi connectivity index (χ3v) is 3.00. The van der Waals surface area contributed by atoms with Crippen molar-refractivity contribution in [3.63, 3.8) is 0 Å². The van der Waals surface area contributed by atoms with Gasteiger partial charge in [-0.2, -0.15) is 0 Å². The number of amides is 2. The molecule has 1 rings (SSSR count). The highest BCUT2D eigenvalue weighted by Crippen LogP contribution is 2.20. The Balaban J connectivity index is 2.33. The summed E-state index contributed by atoms with van der Waals surface area (Å²) in [4.78, 5) is 22.6. The van der Waals surface area contributed by atoms with Gasteiger partial charge in [-0.3, -0.25) is 4.79 Å². The zero-order valence-electron chi connectivity index (χ0n) is 8.49. The Hall–Kier alpha value is -1.27. The van der Waals surface area contributed by atoms with E-state index in [1.165, 1.54) is 18.3 Å². The molecule has 0 aliphatic rings. The van der Waals surface area contributed by atoms with Gasteiger partial charge in [0.05, 0.1) is 10.9 Å². The van der Waals surface area contributed by atoms with E-state index in [1.807, 2.05) is 0 Å². The van der Waals surface area contributed by atoms with Gasteiger partial charge in [-0.1, -0.05) is 11.6 Å². The zero-order valence-corrected chi connectivity index (χ0v) is 10.1. The molecule has 0 saturated carbocycles. The molecule has 5 nitrogen and oxygen atoms in total. The highest BCUT2D eigenvalue weighted by molar-refractivity contribution is 7.16. The second-order valence-corrected chi connectivity index (χ2v) is 4.89. The third-order valence-electron chi connectivity index (χ3n) is 1.77. The summed E-state index contributed by atoms with van der Waals surface area (Å²) in [6.45, 7) is 1.72. The minimum Gasteiger partial charge on any atom is -0.480 e. The molecule has 1 aromatic rings. The maximum absolute atomic E-state index is 11.2. The zero-order chi connectivity index (χ0) is 12.1. The van der Waals surface area contributed by atoms with Gasteiger partial charge in [-0.25, -0.2) is 4.79 Å². The van der Waals surface area contributed by atoms with Gasteiger partial charge >= 0.3 is 12.0 Å². The van der Waals surface area contributed by atoms with Gasteiger partial charge in [0, 0.05) is 4.88 Å². The van der Waals surface area contributed by atoms with E-state index in [0.29, 0.717) is 10.9 Å². The normalized spacial score (nSPS) is 11.9. The van der Waals surface area contributed by atoms with E-state index < -0.39 is 18.0 Å². The molecule has 0 radical (unpaired) electrons. The van der Waals surface area contributed by atoms with Crippen LogP contribution in [0.4, 0.5) is 4.79 Å². The first-order valence-electron chi connectivity index (χ1n) is 4.50. The molecule has 0 aliphatic heterocycles. The number of rotatable bonds is 4. The Morgan fingerprint density at radius 2 is 2.25 bits per heavy atom. The molecule has 2 amide bonds. The Bertz CT molecular complexity index is 394. The first kappa shape index (κ1) is 12.8. The van der Waals surface area contributed by atoms with E-state index >= 15 is 0 Å². The van der Waals surface area contributed by atoms with Crippen LogP contribution in [-0.2, 0) is 11.3 Å². The van der Waals surface area contributed by atoms with Gasteiger partial charge in [-0.15, -0.1) is 11.3 Å². The van der Waals surface area contributed by atoms with Crippen LogP contribution >= 0.6 is 22.9 Å². The summed E-state index contributed by atoms with van der Waals surface area (Å²) >= 11 is 7.08. The predicted octanol–water partition coefficient (Wildman–Crippen LogP) is 1.67. The van der Waals surface area contributed by atoms with E-state index in [1.54, 1.807) is 12.1 Å². The van der Waals surface area contributed by atoms with Gasteiger partial charge in [0.25, 0.3) is 0 Å². The van der Waals surface area contributed by atoms with Crippen molar-refractivity contribution in [2.24, 2.45) is 0 Å². The number of hydrogen-bond donors (Lipinski definition) is 3. The largest absolute Gasteiger partial charge is 0.480 e. The number of carboxylic acid groups (broad SMARTS) is 1. The Morgan fingerprint density at radius 3 is 2.75 bits per heavy atom. The maximum atomic E-state index is 11.2. The Morgan fingerprint density at radius 1 is 1.56 bits per heavy atom. The van der Waals surface area contributed by atoms with Crippen molar-refractivity contribution >= 4 is 34.9 Å². The summed E-state index contributed by atoms with van der Waals surface area (Å²) in [5, 5.41) is 13.4. The number of thiophene rings is 1. The lowest BCUT2D eigenvalue weighted by Gasteiger charge is -2.09. The van der Waals surface area contributed by atoms with Gasteiger partial charge in [-0.05, 0) is 19.1 Å². The number of aliphatic carboxylic acids is 1. The van der Waals surface area contributed by atoms with Crippen LogP contribution in [0.15, 0.2) is 12.1 Å². The molecule has 3 N–H and O–H groups in total. The molecule has 0 saturated heterocycles. The summed E-state index contributed by atoms with van der Waals surface area (Å²) in [6.07, 6.45) is 0. The molecule has 0 aliphatic carbocycles. The molecule has 1 atom stereocenters. The molecule has 7 heteroatoms. The fourth-order valence-electron chi connectivity index (χ4n) is 0.924. The molecule has 88 valence electrons. The molecule has 1 aromatic heterocycles. The van der Waals surface area contributed by atoms with Crippen LogP contribution in [-0.4, -0.2) is 23.1 Å². The van der Waals surface area contributed by atoms with Crippen molar-refractivity contribution in [3.05, 3.63) is 21.3 Å². The first-order chi connectivity index (χ1) is 7.49. The van der Waals surface area contributed by atoms with Gasteiger partial charge < -0.3 is 15.7 Å². The molecule has 0 aromatic carbocycles. The number of carbonyl (C=O) groups is 2. The van der Waals surface area contributed by atoms with Gasteiger partial charge in [0.15, 0.2) is 0 Å². The van der Waals surface area contributed by atoms with Crippen LogP contribution in [0.2, 0.25) is 4.34 Å². The number of carbonyl (C=O) groups excluding carboxylic acids is 1. The van der Waals surface area contributed by atoms with Crippen LogP contribution in [0.3, 0.4) is 0 Å². The first-order valence-corrected chi connectivity index (χ1v) is 5.70. The molecule has 1 heterocycles. The number of carboxylic acids is 1. The lowest BCUT2D eigenvalue weighted by Crippen LogP contribution is -2.43. The van der Waals surface area contributed by atoms with Crippen LogP contribution in [0.5, 0.6) is 0 Å². The van der Waals surface area contributed by atoms with Crippen molar-refractivity contribution in [1.29, 1.82) is 0 Å². The van der Waals surface area contributed by atoms with Crippen molar-refractivity contribution in [2.75, 3.05) is 0 Å². The average Bonchev–Trinajstić information content (AvgIpc) is 2.61. The van der Waals surface area contributed by atoms with Gasteiger partial charge in [0.1, 0.15) is 6.04 Å². The van der Waals surface area contributed by atoms with Crippen LogP contribution in [0.25, 0.3) is 0 Å². The van der Waals surface area contributed by atoms with E-state index in [2.05, 4.69) is 10.6 Å². The number of urea groups is 1. The minimum absolute atomic E-state index is 0.329. The molecular formula is C9H11ClN2O3S. The molecule has 0 fully saturated rings. The SMILES string of the molecule is C[C@H](NC(=O)NCc1ccc(Cl)s1)C(=O)O. The summed E-state index contributed by atoms with van der Waals surface area (Å²) in [6, 6.07) is 2.11. The van der Waals surface area contributed by atoms with Crippen LogP contribution in [0.1, 0.15) is 11.8 Å². The van der Waals surface area contributed by atoms with Crippen LogP contribution < -0.4 is 10.6 Å². The second kappa shape index (κ2) is 5.72. The summed E-state index contributed by atoms with van der Waals surface area (Å²) in [5.41, 5.74) is 0. The fourth-order valence-corrected chi connectivity index (χ4v) is 1.95. The number of nitrogens with one attached hydrogen (secondary N) is 2. The molecule has 0 spiro atoms. The van der Waals surface area contributed by atoms with Crippen LogP contribution in [0, 0.1) is 0 Å². The standard InChI is InChI=1S/C9H11ClN2O3S/c1-5(8(13)14)12-9(15)11-4-6-2-3-7(10)16-6/h2-3,5H,4H2,1H3,(H,13,14)(H2,11,12,15)/t5-/m0/s1. The third kappa shape index (κ3) is 4.08. The quantitative estimate of drug-likeness (QED) is 0.772. The van der Waals surface area contributed by atoms with Crippen molar-refractivity contribution in [2.45, 2.75) is 19.5 Å². The highest BCUT2D eigenvalue weighted by Gasteiger charge is 2.13. The summed E-state index contributed by atoms with van der Waals surface area (Å²) < 4.78 is 0.649. The van der Waals surface area contributed by atoms with E-state index in [4.69, 9.17) is 16.7 Å². The van der Waals surface area contributed by atoms with E-state index in [0.717, 1.165) is 4.88 Å². The Kier molecular flexibility index (Phi) is 4.57. The molecular weight excluding hydrogens is 252 g/mol. The topological polar surface area (TPSA) is 78.4 Å².